The van der Waals surface area contributed by atoms with Crippen molar-refractivity contribution in [3.05, 3.63) is 93.6 Å². The molecule has 1 amide bonds. The van der Waals surface area contributed by atoms with Crippen molar-refractivity contribution in [3.63, 3.8) is 0 Å². The van der Waals surface area contributed by atoms with Crippen molar-refractivity contribution >= 4 is 28.5 Å². The van der Waals surface area contributed by atoms with Gasteiger partial charge in [-0.1, -0.05) is 41.9 Å². The number of carbonyl (C=O) groups excluding carboxylic acids is 1. The summed E-state index contributed by atoms with van der Waals surface area (Å²) in [5.41, 5.74) is 1.61. The first kappa shape index (κ1) is 26.7. The molecular formula is C30H32ClN5O4. The van der Waals surface area contributed by atoms with Crippen LogP contribution in [0.25, 0.3) is 16.7 Å². The maximum atomic E-state index is 13.4. The quantitative estimate of drug-likeness (QED) is 0.386. The van der Waals surface area contributed by atoms with Crippen molar-refractivity contribution in [2.24, 2.45) is 0 Å². The average Bonchev–Trinajstić information content (AvgIpc) is 3.32. The zero-order valence-electron chi connectivity index (χ0n) is 22.3. The maximum Gasteiger partial charge on any atom is 0.262 e. The number of likely N-dealkylation sites (tertiary alicyclic amines) is 1. The molecule has 0 radical (unpaired) electrons. The molecule has 6 rings (SSSR count). The highest BCUT2D eigenvalue weighted by atomic mass is 35.5. The Balaban J connectivity index is 1.18. The van der Waals surface area contributed by atoms with Crippen LogP contribution in [0.1, 0.15) is 41.7 Å². The van der Waals surface area contributed by atoms with Crippen LogP contribution in [0.2, 0.25) is 5.15 Å². The maximum absolute atomic E-state index is 13.4. The van der Waals surface area contributed by atoms with Crippen LogP contribution in [-0.2, 0) is 11.3 Å². The Hall–Kier alpha value is -3.50. The first-order chi connectivity index (χ1) is 19.3. The fourth-order valence-corrected chi connectivity index (χ4v) is 5.85. The number of rotatable bonds is 5. The van der Waals surface area contributed by atoms with E-state index < -0.39 is 5.60 Å². The molecule has 1 unspecified atom stereocenters. The standard InChI is InChI=1S/C30H32ClN5O4/c1-20-16-32-25(17-40-20)21-7-9-23(10-8-21)36-26(31)15-24-27(36)33-19-35(29(24)38)18-30(39)11-13-34(14-12-30)28(37)22-5-3-2-4-6-22/h2-10,15,19-20,25,32,39H,11-14,16-18H2,1H3/t20-,25?/m1/s1. The lowest BCUT2D eigenvalue weighted by atomic mass is 9.91. The molecule has 10 heteroatoms. The summed E-state index contributed by atoms with van der Waals surface area (Å²) in [4.78, 5) is 32.5. The van der Waals surface area contributed by atoms with Gasteiger partial charge in [0.2, 0.25) is 0 Å². The Bertz CT molecular complexity index is 1570. The normalized spacial score (nSPS) is 21.0. The minimum atomic E-state index is -1.12. The second-order valence-electron chi connectivity index (χ2n) is 10.8. The van der Waals surface area contributed by atoms with E-state index in [1.807, 2.05) is 49.4 Å². The lowest BCUT2D eigenvalue weighted by Crippen LogP contribution is -2.49. The predicted molar refractivity (Wildman–Crippen MR) is 153 cm³/mol. The lowest BCUT2D eigenvalue weighted by molar-refractivity contribution is -0.0299. The van der Waals surface area contributed by atoms with Crippen molar-refractivity contribution in [1.82, 2.24) is 24.3 Å². The van der Waals surface area contributed by atoms with Crippen LogP contribution in [0.4, 0.5) is 0 Å². The number of hydrogen-bond acceptors (Lipinski definition) is 6. The minimum Gasteiger partial charge on any atom is -0.388 e. The largest absolute Gasteiger partial charge is 0.388 e. The number of halogens is 1. The highest BCUT2D eigenvalue weighted by molar-refractivity contribution is 6.31. The Morgan fingerprint density at radius 2 is 1.88 bits per heavy atom. The molecule has 0 aliphatic carbocycles. The van der Waals surface area contributed by atoms with E-state index in [1.165, 1.54) is 10.9 Å². The third-order valence-corrected chi connectivity index (χ3v) is 8.24. The molecule has 2 aliphatic rings. The summed E-state index contributed by atoms with van der Waals surface area (Å²) in [7, 11) is 0. The van der Waals surface area contributed by atoms with E-state index in [0.29, 0.717) is 54.3 Å². The van der Waals surface area contributed by atoms with Gasteiger partial charge in [0.15, 0.2) is 5.65 Å². The number of aliphatic hydroxyl groups is 1. The third-order valence-electron chi connectivity index (χ3n) is 7.96. The molecule has 2 atom stereocenters. The number of piperidine rings is 1. The number of ether oxygens (including phenoxy) is 1. The number of carbonyl (C=O) groups is 1. The fraction of sp³-hybridized carbons (Fsp3) is 0.367. The van der Waals surface area contributed by atoms with E-state index in [4.69, 9.17) is 16.3 Å². The number of aromatic nitrogens is 3. The van der Waals surface area contributed by atoms with Gasteiger partial charge in [-0.05, 0) is 55.7 Å². The summed E-state index contributed by atoms with van der Waals surface area (Å²) >= 11 is 6.60. The second kappa shape index (κ2) is 10.8. The van der Waals surface area contributed by atoms with Gasteiger partial charge >= 0.3 is 0 Å². The molecule has 2 aliphatic heterocycles. The summed E-state index contributed by atoms with van der Waals surface area (Å²) in [6.07, 6.45) is 2.40. The SMILES string of the molecule is C[C@@H]1CNC(c2ccc(-n3c(Cl)cc4c(=O)n(CC5(O)CCN(C(=O)c6ccccc6)CC5)cnc43)cc2)CO1. The molecule has 4 heterocycles. The molecule has 0 saturated carbocycles. The van der Waals surface area contributed by atoms with E-state index in [2.05, 4.69) is 10.3 Å². The predicted octanol–water partition coefficient (Wildman–Crippen LogP) is 3.56. The molecule has 0 spiro atoms. The molecule has 2 N–H and O–H groups in total. The zero-order chi connectivity index (χ0) is 27.9. The van der Waals surface area contributed by atoms with E-state index in [9.17, 15) is 14.7 Å². The highest BCUT2D eigenvalue weighted by Crippen LogP contribution is 2.28. The van der Waals surface area contributed by atoms with E-state index in [-0.39, 0.29) is 30.2 Å². The Kier molecular flexibility index (Phi) is 7.22. The molecule has 0 bridgehead atoms. The van der Waals surface area contributed by atoms with Crippen molar-refractivity contribution in [1.29, 1.82) is 0 Å². The number of nitrogens with one attached hydrogen (secondary N) is 1. The molecule has 208 valence electrons. The molecule has 2 aromatic heterocycles. The number of nitrogens with zero attached hydrogens (tertiary/aromatic N) is 4. The summed E-state index contributed by atoms with van der Waals surface area (Å²) in [5, 5.41) is 15.6. The van der Waals surface area contributed by atoms with Gasteiger partial charge in [-0.25, -0.2) is 4.98 Å². The van der Waals surface area contributed by atoms with Gasteiger partial charge in [-0.3, -0.25) is 18.7 Å². The third kappa shape index (κ3) is 5.17. The van der Waals surface area contributed by atoms with Gasteiger partial charge in [0.25, 0.3) is 11.5 Å². The van der Waals surface area contributed by atoms with Gasteiger partial charge in [-0.15, -0.1) is 0 Å². The Morgan fingerprint density at radius 3 is 2.55 bits per heavy atom. The topological polar surface area (TPSA) is 102 Å². The van der Waals surface area contributed by atoms with Gasteiger partial charge < -0.3 is 20.1 Å². The fourth-order valence-electron chi connectivity index (χ4n) is 5.57. The molecule has 2 aromatic carbocycles. The summed E-state index contributed by atoms with van der Waals surface area (Å²) < 4.78 is 8.97. The second-order valence-corrected chi connectivity index (χ2v) is 11.2. The highest BCUT2D eigenvalue weighted by Gasteiger charge is 2.35. The van der Waals surface area contributed by atoms with Crippen molar-refractivity contribution in [2.45, 2.75) is 44.1 Å². The number of morpholine rings is 1. The van der Waals surface area contributed by atoms with Gasteiger partial charge in [0, 0.05) is 30.9 Å². The minimum absolute atomic E-state index is 0.0511. The molecule has 2 saturated heterocycles. The van der Waals surface area contributed by atoms with Gasteiger partial charge in [0.1, 0.15) is 11.5 Å². The number of hydrogen-bond donors (Lipinski definition) is 2. The number of benzene rings is 2. The van der Waals surface area contributed by atoms with Crippen molar-refractivity contribution in [3.8, 4) is 5.69 Å². The first-order valence-electron chi connectivity index (χ1n) is 13.6. The van der Waals surface area contributed by atoms with Crippen LogP contribution < -0.4 is 10.9 Å². The van der Waals surface area contributed by atoms with Crippen molar-refractivity contribution in [2.75, 3.05) is 26.2 Å². The number of fused-ring (bicyclic) bond motifs is 1. The molecule has 40 heavy (non-hydrogen) atoms. The molecule has 2 fully saturated rings. The molecular weight excluding hydrogens is 530 g/mol. The van der Waals surface area contributed by atoms with E-state index >= 15 is 0 Å². The average molecular weight is 562 g/mol. The van der Waals surface area contributed by atoms with Crippen LogP contribution in [0.5, 0.6) is 0 Å². The Morgan fingerprint density at radius 1 is 1.15 bits per heavy atom. The molecule has 4 aromatic rings. The van der Waals surface area contributed by atoms with Crippen LogP contribution in [0.15, 0.2) is 71.8 Å². The number of amides is 1. The van der Waals surface area contributed by atoms with E-state index in [0.717, 1.165) is 17.8 Å². The first-order valence-corrected chi connectivity index (χ1v) is 14.0. The summed E-state index contributed by atoms with van der Waals surface area (Å²) in [5.74, 6) is -0.0511. The van der Waals surface area contributed by atoms with E-state index in [1.54, 1.807) is 27.7 Å². The van der Waals surface area contributed by atoms with Crippen LogP contribution in [0, 0.1) is 0 Å². The van der Waals surface area contributed by atoms with Crippen LogP contribution >= 0.6 is 11.6 Å². The summed E-state index contributed by atoms with van der Waals surface area (Å²) in [6.45, 7) is 4.38. The van der Waals surface area contributed by atoms with Crippen molar-refractivity contribution < 1.29 is 14.6 Å². The monoisotopic (exact) mass is 561 g/mol. The molecule has 9 nitrogen and oxygen atoms in total. The Labute approximate surface area is 237 Å². The zero-order valence-corrected chi connectivity index (χ0v) is 23.1. The van der Waals surface area contributed by atoms with Crippen LogP contribution in [-0.4, -0.2) is 68.0 Å². The lowest BCUT2D eigenvalue weighted by Gasteiger charge is -2.38. The smallest absolute Gasteiger partial charge is 0.262 e. The van der Waals surface area contributed by atoms with Gasteiger partial charge in [0.05, 0.1) is 36.3 Å². The van der Waals surface area contributed by atoms with Gasteiger partial charge in [-0.2, -0.15) is 0 Å². The summed E-state index contributed by atoms with van der Waals surface area (Å²) in [6, 6.07) is 18.8. The van der Waals surface area contributed by atoms with Crippen LogP contribution in [0.3, 0.4) is 0 Å².